The van der Waals surface area contributed by atoms with Gasteiger partial charge in [-0.05, 0) is 12.1 Å². The Morgan fingerprint density at radius 3 is 2.69 bits per heavy atom. The summed E-state index contributed by atoms with van der Waals surface area (Å²) in [6.07, 6.45) is -0.00233. The molecule has 0 aromatic heterocycles. The third-order valence-electron chi connectivity index (χ3n) is 2.60. The smallest absolute Gasteiger partial charge is 0.312 e. The van der Waals surface area contributed by atoms with E-state index in [1.165, 1.54) is 4.90 Å². The van der Waals surface area contributed by atoms with E-state index in [1.807, 2.05) is 6.07 Å². The Labute approximate surface area is 91.5 Å². The number of halogens is 1. The molecular weight excluding hydrogens is 213 g/mol. The van der Waals surface area contributed by atoms with Gasteiger partial charge in [-0.25, -0.2) is 4.79 Å². The molecule has 1 saturated heterocycles. The molecular formula is C11H10FNO3. The van der Waals surface area contributed by atoms with Crippen molar-refractivity contribution in [3.8, 4) is 0 Å². The predicted octanol–water partition coefficient (Wildman–Crippen LogP) is 1.47. The molecule has 1 heterocycles. The van der Waals surface area contributed by atoms with Crippen molar-refractivity contribution in [3.05, 3.63) is 30.3 Å². The molecule has 5 heteroatoms. The molecule has 1 unspecified atom stereocenters. The van der Waals surface area contributed by atoms with E-state index in [0.29, 0.717) is 5.69 Å². The van der Waals surface area contributed by atoms with Gasteiger partial charge in [0.2, 0.25) is 5.91 Å². The van der Waals surface area contributed by atoms with Crippen molar-refractivity contribution in [2.45, 2.75) is 6.42 Å². The van der Waals surface area contributed by atoms with Crippen molar-refractivity contribution < 1.29 is 19.1 Å². The van der Waals surface area contributed by atoms with Crippen LogP contribution in [0.1, 0.15) is 6.42 Å². The van der Waals surface area contributed by atoms with Gasteiger partial charge in [0, 0.05) is 23.2 Å². The van der Waals surface area contributed by atoms with Crippen LogP contribution in [0.25, 0.3) is 0 Å². The van der Waals surface area contributed by atoms with Gasteiger partial charge in [0.15, 0.2) is 0 Å². The zero-order valence-electron chi connectivity index (χ0n) is 8.43. The van der Waals surface area contributed by atoms with Crippen LogP contribution in [0.2, 0.25) is 0 Å². The normalized spacial score (nSPS) is 19.9. The van der Waals surface area contributed by atoms with Gasteiger partial charge in [0.05, 0.1) is 5.92 Å². The van der Waals surface area contributed by atoms with Crippen molar-refractivity contribution in [2.24, 2.45) is 5.92 Å². The summed E-state index contributed by atoms with van der Waals surface area (Å²) in [5, 5.41) is 0. The molecule has 84 valence electrons. The number of benzene rings is 1. The van der Waals surface area contributed by atoms with Gasteiger partial charge in [0.25, 0.3) is 0 Å². The number of anilines is 1. The molecule has 1 fully saturated rings. The second-order valence-corrected chi connectivity index (χ2v) is 3.64. The van der Waals surface area contributed by atoms with E-state index < -0.39 is 11.9 Å². The molecule has 1 atom stereocenters. The van der Waals surface area contributed by atoms with Crippen molar-refractivity contribution >= 4 is 17.6 Å². The van der Waals surface area contributed by atoms with Gasteiger partial charge in [-0.15, -0.1) is 0 Å². The Hall–Kier alpha value is -1.91. The number of carbonyl (C=O) groups is 2. The lowest BCUT2D eigenvalue weighted by Gasteiger charge is -2.15. The Morgan fingerprint density at radius 2 is 2.06 bits per heavy atom. The highest BCUT2D eigenvalue weighted by atomic mass is 19.3. The number of hydrogen-bond donors (Lipinski definition) is 0. The SMILES string of the molecule is O=C(OF)C1CC(=O)N(c2ccccc2)C1. The number of amides is 1. The predicted molar refractivity (Wildman–Crippen MR) is 54.1 cm³/mol. The molecule has 4 nitrogen and oxygen atoms in total. The number of hydrogen-bond acceptors (Lipinski definition) is 3. The van der Waals surface area contributed by atoms with Crippen LogP contribution in [0.15, 0.2) is 30.3 Å². The fourth-order valence-corrected chi connectivity index (χ4v) is 1.79. The minimum absolute atomic E-state index is 0.00233. The highest BCUT2D eigenvalue weighted by molar-refractivity contribution is 5.99. The van der Waals surface area contributed by atoms with E-state index in [4.69, 9.17) is 0 Å². The topological polar surface area (TPSA) is 46.6 Å². The van der Waals surface area contributed by atoms with E-state index in [9.17, 15) is 14.1 Å². The highest BCUT2D eigenvalue weighted by Gasteiger charge is 2.36. The molecule has 2 rings (SSSR count). The quantitative estimate of drug-likeness (QED) is 0.762. The van der Waals surface area contributed by atoms with Crippen LogP contribution in [0, 0.1) is 5.92 Å². The Bertz CT molecular complexity index is 407. The lowest BCUT2D eigenvalue weighted by molar-refractivity contribution is -0.188. The summed E-state index contributed by atoms with van der Waals surface area (Å²) in [6, 6.07) is 8.95. The summed E-state index contributed by atoms with van der Waals surface area (Å²) < 4.78 is 11.7. The second-order valence-electron chi connectivity index (χ2n) is 3.64. The molecule has 0 spiro atoms. The number of rotatable bonds is 2. The maximum atomic E-state index is 11.7. The molecule has 1 aromatic rings. The molecule has 16 heavy (non-hydrogen) atoms. The fraction of sp³-hybridized carbons (Fsp3) is 0.273. The van der Waals surface area contributed by atoms with Crippen LogP contribution in [0.3, 0.4) is 0 Å². The lowest BCUT2D eigenvalue weighted by Crippen LogP contribution is -2.25. The first-order valence-electron chi connectivity index (χ1n) is 4.90. The van der Waals surface area contributed by atoms with Crippen LogP contribution in [-0.2, 0) is 14.5 Å². The summed E-state index contributed by atoms with van der Waals surface area (Å²) in [4.78, 5) is 27.2. The zero-order chi connectivity index (χ0) is 11.5. The van der Waals surface area contributed by atoms with Crippen LogP contribution in [0.4, 0.5) is 10.2 Å². The first-order chi connectivity index (χ1) is 7.72. The summed E-state index contributed by atoms with van der Waals surface area (Å²) in [5.41, 5.74) is 0.710. The Kier molecular flexibility index (Phi) is 2.85. The Balaban J connectivity index is 2.14. The van der Waals surface area contributed by atoms with E-state index >= 15 is 0 Å². The fourth-order valence-electron chi connectivity index (χ4n) is 1.79. The molecule has 1 aliphatic rings. The molecule has 0 N–H and O–H groups in total. The van der Waals surface area contributed by atoms with Gasteiger partial charge in [-0.2, -0.15) is 0 Å². The van der Waals surface area contributed by atoms with E-state index in [2.05, 4.69) is 4.94 Å². The van der Waals surface area contributed by atoms with Crippen LogP contribution in [0.5, 0.6) is 0 Å². The second kappa shape index (κ2) is 4.30. The van der Waals surface area contributed by atoms with E-state index in [-0.39, 0.29) is 18.9 Å². The lowest BCUT2D eigenvalue weighted by atomic mass is 10.1. The number of para-hydroxylation sites is 1. The zero-order valence-corrected chi connectivity index (χ0v) is 8.43. The Morgan fingerprint density at radius 1 is 1.38 bits per heavy atom. The minimum atomic E-state index is -0.980. The van der Waals surface area contributed by atoms with Gasteiger partial charge < -0.3 is 4.90 Å². The van der Waals surface area contributed by atoms with Gasteiger partial charge in [0.1, 0.15) is 0 Å². The minimum Gasteiger partial charge on any atom is -0.312 e. The van der Waals surface area contributed by atoms with Crippen LogP contribution in [-0.4, -0.2) is 18.4 Å². The van der Waals surface area contributed by atoms with Gasteiger partial charge in [-0.3, -0.25) is 9.74 Å². The number of nitrogens with zero attached hydrogens (tertiary/aromatic N) is 1. The van der Waals surface area contributed by atoms with Crippen molar-refractivity contribution in [3.63, 3.8) is 0 Å². The van der Waals surface area contributed by atoms with Crippen LogP contribution >= 0.6 is 0 Å². The molecule has 0 radical (unpaired) electrons. The molecule has 0 saturated carbocycles. The largest absolute Gasteiger partial charge is 0.354 e. The summed E-state index contributed by atoms with van der Waals surface area (Å²) >= 11 is 0. The average Bonchev–Trinajstić information content (AvgIpc) is 2.71. The summed E-state index contributed by atoms with van der Waals surface area (Å²) in [6.45, 7) is 0.172. The van der Waals surface area contributed by atoms with Gasteiger partial charge in [-0.1, -0.05) is 18.2 Å². The van der Waals surface area contributed by atoms with E-state index in [1.54, 1.807) is 24.3 Å². The van der Waals surface area contributed by atoms with Gasteiger partial charge >= 0.3 is 5.97 Å². The standard InChI is InChI=1S/C11H10FNO3/c12-16-11(15)8-6-10(14)13(7-8)9-4-2-1-3-5-9/h1-5,8H,6-7H2. The molecule has 1 amide bonds. The summed E-state index contributed by atoms with van der Waals surface area (Å²) in [5.74, 6) is -1.88. The molecule has 1 aliphatic heterocycles. The maximum Gasteiger partial charge on any atom is 0.354 e. The van der Waals surface area contributed by atoms with Crippen LogP contribution < -0.4 is 4.90 Å². The molecule has 1 aromatic carbocycles. The van der Waals surface area contributed by atoms with E-state index in [0.717, 1.165) is 0 Å². The van der Waals surface area contributed by atoms with Crippen molar-refractivity contribution in [1.29, 1.82) is 0 Å². The monoisotopic (exact) mass is 223 g/mol. The average molecular weight is 223 g/mol. The highest BCUT2D eigenvalue weighted by Crippen LogP contribution is 2.25. The molecule has 0 bridgehead atoms. The molecule has 0 aliphatic carbocycles. The first-order valence-corrected chi connectivity index (χ1v) is 4.90. The third-order valence-corrected chi connectivity index (χ3v) is 2.60. The third kappa shape index (κ3) is 1.88. The van der Waals surface area contributed by atoms with Crippen molar-refractivity contribution in [2.75, 3.05) is 11.4 Å². The number of carbonyl (C=O) groups excluding carboxylic acids is 2. The van der Waals surface area contributed by atoms with Crippen molar-refractivity contribution in [1.82, 2.24) is 0 Å². The summed E-state index contributed by atoms with van der Waals surface area (Å²) in [7, 11) is 0. The first kappa shape index (κ1) is 10.6. The maximum absolute atomic E-state index is 11.7.